The van der Waals surface area contributed by atoms with Crippen LogP contribution in [0.4, 0.5) is 5.69 Å². The Morgan fingerprint density at radius 3 is 2.30 bits per heavy atom. The van der Waals surface area contributed by atoms with E-state index in [1.807, 2.05) is 32.0 Å². The summed E-state index contributed by atoms with van der Waals surface area (Å²) >= 11 is 0. The number of carboxylic acids is 1. The van der Waals surface area contributed by atoms with E-state index in [1.54, 1.807) is 31.2 Å². The molecular weight excluding hydrogens is 346 g/mol. The second-order valence-corrected chi connectivity index (χ2v) is 7.12. The van der Waals surface area contributed by atoms with E-state index >= 15 is 0 Å². The molecule has 0 aromatic heterocycles. The summed E-state index contributed by atoms with van der Waals surface area (Å²) in [4.78, 5) is 23.9. The first kappa shape index (κ1) is 18.8. The lowest BCUT2D eigenvalue weighted by atomic mass is 9.83. The molecule has 0 aliphatic carbocycles. The van der Waals surface area contributed by atoms with Crippen LogP contribution in [0.1, 0.15) is 37.8 Å². The Morgan fingerprint density at radius 1 is 1.04 bits per heavy atom. The molecule has 1 heterocycles. The second kappa shape index (κ2) is 7.31. The first-order valence-corrected chi connectivity index (χ1v) is 8.83. The number of amides is 1. The molecule has 0 spiro atoms. The molecule has 0 saturated carbocycles. The summed E-state index contributed by atoms with van der Waals surface area (Å²) in [5.74, 6) is -0.315. The molecule has 0 saturated heterocycles. The van der Waals surface area contributed by atoms with E-state index in [0.29, 0.717) is 36.0 Å². The third-order valence-electron chi connectivity index (χ3n) is 4.87. The van der Waals surface area contributed by atoms with Gasteiger partial charge < -0.3 is 19.9 Å². The topological polar surface area (TPSA) is 84.9 Å². The van der Waals surface area contributed by atoms with Crippen molar-refractivity contribution in [3.63, 3.8) is 0 Å². The van der Waals surface area contributed by atoms with Crippen molar-refractivity contribution in [2.75, 3.05) is 18.5 Å². The molecule has 0 fully saturated rings. The third kappa shape index (κ3) is 3.89. The van der Waals surface area contributed by atoms with Crippen LogP contribution < -0.4 is 14.8 Å². The highest BCUT2D eigenvalue weighted by molar-refractivity contribution is 5.98. The lowest BCUT2D eigenvalue weighted by Crippen LogP contribution is -2.34. The van der Waals surface area contributed by atoms with Crippen molar-refractivity contribution >= 4 is 17.6 Å². The normalized spacial score (nSPS) is 14.3. The summed E-state index contributed by atoms with van der Waals surface area (Å²) in [6.45, 7) is 6.32. The van der Waals surface area contributed by atoms with Gasteiger partial charge in [-0.15, -0.1) is 0 Å². The van der Waals surface area contributed by atoms with Crippen molar-refractivity contribution in [2.24, 2.45) is 0 Å². The standard InChI is InChI=1S/C21H23NO5/c1-13(19(23)24)14-4-7-16(8-5-14)22-20(25)21(2,3)15-6-9-17-18(12-15)27-11-10-26-17/h4-9,12-13H,10-11H2,1-3H3,(H,22,25)(H,23,24). The number of aliphatic carboxylic acids is 1. The summed E-state index contributed by atoms with van der Waals surface area (Å²) in [6, 6.07) is 12.4. The molecule has 1 atom stereocenters. The maximum atomic E-state index is 12.9. The van der Waals surface area contributed by atoms with Crippen LogP contribution in [0, 0.1) is 0 Å². The van der Waals surface area contributed by atoms with Gasteiger partial charge in [-0.3, -0.25) is 9.59 Å². The summed E-state index contributed by atoms with van der Waals surface area (Å²) < 4.78 is 11.1. The van der Waals surface area contributed by atoms with Crippen LogP contribution in [-0.2, 0) is 15.0 Å². The van der Waals surface area contributed by atoms with Gasteiger partial charge in [0, 0.05) is 5.69 Å². The highest BCUT2D eigenvalue weighted by atomic mass is 16.6. The third-order valence-corrected chi connectivity index (χ3v) is 4.87. The minimum atomic E-state index is -0.883. The molecule has 6 nitrogen and oxygen atoms in total. The zero-order chi connectivity index (χ0) is 19.6. The van der Waals surface area contributed by atoms with E-state index in [1.165, 1.54) is 0 Å². The monoisotopic (exact) mass is 369 g/mol. The molecule has 1 aliphatic heterocycles. The van der Waals surface area contributed by atoms with Crippen LogP contribution in [0.2, 0.25) is 0 Å². The van der Waals surface area contributed by atoms with Crippen molar-refractivity contribution in [1.82, 2.24) is 0 Å². The number of carboxylic acid groups (broad SMARTS) is 1. The van der Waals surface area contributed by atoms with Crippen LogP contribution in [0.15, 0.2) is 42.5 Å². The Bertz CT molecular complexity index is 857. The van der Waals surface area contributed by atoms with Crippen LogP contribution in [0.25, 0.3) is 0 Å². The molecule has 27 heavy (non-hydrogen) atoms. The van der Waals surface area contributed by atoms with Gasteiger partial charge in [0.1, 0.15) is 13.2 Å². The lowest BCUT2D eigenvalue weighted by molar-refractivity contribution is -0.138. The fourth-order valence-electron chi connectivity index (χ4n) is 2.85. The van der Waals surface area contributed by atoms with Crippen LogP contribution in [-0.4, -0.2) is 30.2 Å². The Hall–Kier alpha value is -3.02. The summed E-state index contributed by atoms with van der Waals surface area (Å²) in [7, 11) is 0. The largest absolute Gasteiger partial charge is 0.486 e. The number of carbonyl (C=O) groups is 2. The Labute approximate surface area is 158 Å². The van der Waals surface area contributed by atoms with Gasteiger partial charge in [-0.25, -0.2) is 0 Å². The lowest BCUT2D eigenvalue weighted by Gasteiger charge is -2.26. The van der Waals surface area contributed by atoms with Crippen LogP contribution in [0.3, 0.4) is 0 Å². The first-order valence-electron chi connectivity index (χ1n) is 8.83. The van der Waals surface area contributed by atoms with E-state index in [9.17, 15) is 9.59 Å². The Balaban J connectivity index is 1.75. The number of fused-ring (bicyclic) bond motifs is 1. The molecule has 0 bridgehead atoms. The van der Waals surface area contributed by atoms with Gasteiger partial charge in [-0.1, -0.05) is 18.2 Å². The van der Waals surface area contributed by atoms with Gasteiger partial charge in [0.05, 0.1) is 11.3 Å². The van der Waals surface area contributed by atoms with Crippen molar-refractivity contribution in [1.29, 1.82) is 0 Å². The predicted octanol–water partition coefficient (Wildman–Crippen LogP) is 3.56. The molecule has 0 radical (unpaired) electrons. The fourth-order valence-corrected chi connectivity index (χ4v) is 2.85. The van der Waals surface area contributed by atoms with Gasteiger partial charge in [0.15, 0.2) is 11.5 Å². The fraction of sp³-hybridized carbons (Fsp3) is 0.333. The van der Waals surface area contributed by atoms with E-state index in [4.69, 9.17) is 14.6 Å². The highest BCUT2D eigenvalue weighted by Crippen LogP contribution is 2.35. The van der Waals surface area contributed by atoms with Gasteiger partial charge >= 0.3 is 5.97 Å². The first-order chi connectivity index (χ1) is 12.8. The number of carbonyl (C=O) groups excluding carboxylic acids is 1. The number of rotatable bonds is 5. The van der Waals surface area contributed by atoms with Crippen molar-refractivity contribution in [3.8, 4) is 11.5 Å². The average Bonchev–Trinajstić information content (AvgIpc) is 2.67. The zero-order valence-electron chi connectivity index (χ0n) is 15.6. The Kier molecular flexibility index (Phi) is 5.08. The number of anilines is 1. The molecule has 2 N–H and O–H groups in total. The molecule has 142 valence electrons. The number of hydrogen-bond donors (Lipinski definition) is 2. The second-order valence-electron chi connectivity index (χ2n) is 7.12. The van der Waals surface area contributed by atoms with E-state index in [2.05, 4.69) is 5.32 Å². The van der Waals surface area contributed by atoms with E-state index in [-0.39, 0.29) is 5.91 Å². The molecule has 2 aromatic carbocycles. The maximum Gasteiger partial charge on any atom is 0.310 e. The van der Waals surface area contributed by atoms with E-state index < -0.39 is 17.3 Å². The minimum absolute atomic E-state index is 0.168. The van der Waals surface area contributed by atoms with E-state index in [0.717, 1.165) is 5.56 Å². The van der Waals surface area contributed by atoms with Gasteiger partial charge in [-0.05, 0) is 56.2 Å². The maximum absolute atomic E-state index is 12.9. The Morgan fingerprint density at radius 2 is 1.67 bits per heavy atom. The molecule has 2 aromatic rings. The molecule has 1 aliphatic rings. The summed E-state index contributed by atoms with van der Waals surface area (Å²) in [6.07, 6.45) is 0. The SMILES string of the molecule is CC(C(=O)O)c1ccc(NC(=O)C(C)(C)c2ccc3c(c2)OCCO3)cc1. The molecule has 1 unspecified atom stereocenters. The van der Waals surface area contributed by atoms with Crippen molar-refractivity contribution in [2.45, 2.75) is 32.1 Å². The average molecular weight is 369 g/mol. The van der Waals surface area contributed by atoms with Crippen LogP contribution in [0.5, 0.6) is 11.5 Å². The smallest absolute Gasteiger partial charge is 0.310 e. The zero-order valence-corrected chi connectivity index (χ0v) is 15.6. The summed E-state index contributed by atoms with van der Waals surface area (Å²) in [5.41, 5.74) is 1.34. The summed E-state index contributed by atoms with van der Waals surface area (Å²) in [5, 5.41) is 12.0. The molecule has 6 heteroatoms. The van der Waals surface area contributed by atoms with Gasteiger partial charge in [-0.2, -0.15) is 0 Å². The van der Waals surface area contributed by atoms with Crippen molar-refractivity contribution < 1.29 is 24.2 Å². The quantitative estimate of drug-likeness (QED) is 0.842. The highest BCUT2D eigenvalue weighted by Gasteiger charge is 2.31. The number of benzene rings is 2. The minimum Gasteiger partial charge on any atom is -0.486 e. The van der Waals surface area contributed by atoms with Gasteiger partial charge in [0.2, 0.25) is 5.91 Å². The molecular formula is C21H23NO5. The number of ether oxygens (including phenoxy) is 2. The van der Waals surface area contributed by atoms with Crippen LogP contribution >= 0.6 is 0 Å². The number of nitrogens with one attached hydrogen (secondary N) is 1. The van der Waals surface area contributed by atoms with Crippen molar-refractivity contribution in [3.05, 3.63) is 53.6 Å². The molecule has 3 rings (SSSR count). The van der Waals surface area contributed by atoms with Gasteiger partial charge in [0.25, 0.3) is 0 Å². The number of hydrogen-bond acceptors (Lipinski definition) is 4. The predicted molar refractivity (Wildman–Crippen MR) is 102 cm³/mol. The molecule has 1 amide bonds.